The molecule has 5 nitrogen and oxygen atoms in total. The molecule has 0 bridgehead atoms. The van der Waals surface area contributed by atoms with Crippen molar-refractivity contribution in [1.29, 1.82) is 0 Å². The van der Waals surface area contributed by atoms with E-state index in [-0.39, 0.29) is 12.5 Å². The summed E-state index contributed by atoms with van der Waals surface area (Å²) in [4.78, 5) is 18.8. The van der Waals surface area contributed by atoms with Crippen LogP contribution in [-0.4, -0.2) is 43.4 Å². The van der Waals surface area contributed by atoms with E-state index in [1.54, 1.807) is 30.3 Å². The van der Waals surface area contributed by atoms with Gasteiger partial charge in [0.25, 0.3) is 0 Å². The van der Waals surface area contributed by atoms with E-state index in [1.807, 2.05) is 0 Å². The molecule has 0 aliphatic heterocycles. The Balaban J connectivity index is 1.90. The van der Waals surface area contributed by atoms with Gasteiger partial charge in [-0.15, -0.1) is 11.3 Å². The van der Waals surface area contributed by atoms with Crippen LogP contribution in [0.5, 0.6) is 0 Å². The lowest BCUT2D eigenvalue weighted by molar-refractivity contribution is -0.127. The van der Waals surface area contributed by atoms with Crippen LogP contribution in [0.2, 0.25) is 0 Å². The van der Waals surface area contributed by atoms with E-state index in [0.717, 1.165) is 12.5 Å². The maximum absolute atomic E-state index is 11.6. The first-order valence-electron chi connectivity index (χ1n) is 6.84. The van der Waals surface area contributed by atoms with Crippen LogP contribution < -0.4 is 10.6 Å². The minimum atomic E-state index is 0.00852. The molecule has 1 aliphatic rings. The van der Waals surface area contributed by atoms with E-state index in [0.29, 0.717) is 6.04 Å². The number of nitrogens with zero attached hydrogens (tertiary/aromatic N) is 2. The zero-order chi connectivity index (χ0) is 14.5. The number of rotatable bonds is 5. The van der Waals surface area contributed by atoms with Crippen molar-refractivity contribution in [3.8, 4) is 0 Å². The molecule has 1 aromatic heterocycles. The number of aliphatic imine (C=N–C) groups is 1. The minimum absolute atomic E-state index is 0.00852. The summed E-state index contributed by atoms with van der Waals surface area (Å²) in [6.45, 7) is 3.03. The Hall–Kier alpha value is -1.56. The van der Waals surface area contributed by atoms with Gasteiger partial charge in [0.1, 0.15) is 6.54 Å². The van der Waals surface area contributed by atoms with E-state index >= 15 is 0 Å². The first-order chi connectivity index (χ1) is 9.56. The lowest BCUT2D eigenvalue weighted by Crippen LogP contribution is -2.39. The smallest absolute Gasteiger partial charge is 0.243 e. The summed E-state index contributed by atoms with van der Waals surface area (Å²) in [5, 5.41) is 8.74. The molecule has 0 saturated heterocycles. The van der Waals surface area contributed by atoms with Crippen LogP contribution in [0.1, 0.15) is 23.3 Å². The predicted molar refractivity (Wildman–Crippen MR) is 83.0 cm³/mol. The van der Waals surface area contributed by atoms with Gasteiger partial charge in [-0.05, 0) is 36.8 Å². The Morgan fingerprint density at radius 3 is 2.80 bits per heavy atom. The van der Waals surface area contributed by atoms with Crippen molar-refractivity contribution in [3.05, 3.63) is 21.9 Å². The molecule has 1 aliphatic carbocycles. The third-order valence-corrected chi connectivity index (χ3v) is 4.20. The molecule has 1 heterocycles. The van der Waals surface area contributed by atoms with Crippen LogP contribution in [0.25, 0.3) is 0 Å². The van der Waals surface area contributed by atoms with Crippen molar-refractivity contribution in [3.63, 3.8) is 0 Å². The van der Waals surface area contributed by atoms with Crippen LogP contribution in [0, 0.1) is 6.92 Å². The Morgan fingerprint density at radius 2 is 2.25 bits per heavy atom. The summed E-state index contributed by atoms with van der Waals surface area (Å²) in [5.74, 6) is 0.740. The molecule has 0 atom stereocenters. The summed E-state index contributed by atoms with van der Waals surface area (Å²) in [7, 11) is 3.49. The second-order valence-corrected chi connectivity index (χ2v) is 6.25. The highest BCUT2D eigenvalue weighted by Gasteiger charge is 2.22. The molecule has 110 valence electrons. The van der Waals surface area contributed by atoms with Crippen LogP contribution >= 0.6 is 11.3 Å². The third-order valence-electron chi connectivity index (χ3n) is 3.17. The molecule has 0 aromatic carbocycles. The van der Waals surface area contributed by atoms with E-state index in [9.17, 15) is 4.79 Å². The first-order valence-corrected chi connectivity index (χ1v) is 7.72. The van der Waals surface area contributed by atoms with E-state index in [4.69, 9.17) is 0 Å². The van der Waals surface area contributed by atoms with Gasteiger partial charge in [-0.3, -0.25) is 4.79 Å². The Bertz CT molecular complexity index is 491. The van der Waals surface area contributed by atoms with Gasteiger partial charge in [-0.1, -0.05) is 0 Å². The number of hydrogen-bond acceptors (Lipinski definition) is 3. The molecule has 20 heavy (non-hydrogen) atoms. The van der Waals surface area contributed by atoms with Crippen molar-refractivity contribution in [2.75, 3.05) is 20.6 Å². The van der Waals surface area contributed by atoms with Crippen LogP contribution in [0.4, 0.5) is 0 Å². The maximum atomic E-state index is 11.6. The van der Waals surface area contributed by atoms with Crippen molar-refractivity contribution in [2.45, 2.75) is 32.4 Å². The second-order valence-electron chi connectivity index (χ2n) is 5.25. The fraction of sp³-hybridized carbons (Fsp3) is 0.571. The molecule has 1 saturated carbocycles. The van der Waals surface area contributed by atoms with Crippen LogP contribution in [0.15, 0.2) is 16.4 Å². The van der Waals surface area contributed by atoms with Gasteiger partial charge in [0.2, 0.25) is 5.91 Å². The number of guanidine groups is 1. The lowest BCUT2D eigenvalue weighted by Gasteiger charge is -2.13. The number of carbonyl (C=O) groups excluding carboxylic acids is 1. The molecule has 6 heteroatoms. The Labute approximate surface area is 124 Å². The molecule has 0 unspecified atom stereocenters. The highest BCUT2D eigenvalue weighted by Crippen LogP contribution is 2.18. The third kappa shape index (κ3) is 4.52. The quantitative estimate of drug-likeness (QED) is 0.636. The predicted octanol–water partition coefficient (Wildman–Crippen LogP) is 1.34. The fourth-order valence-corrected chi connectivity index (χ4v) is 2.46. The van der Waals surface area contributed by atoms with Crippen LogP contribution in [-0.2, 0) is 11.3 Å². The molecule has 2 N–H and O–H groups in total. The molecular formula is C14H22N4OS. The zero-order valence-corrected chi connectivity index (χ0v) is 13.1. The van der Waals surface area contributed by atoms with Crippen LogP contribution in [0.3, 0.4) is 0 Å². The molecule has 0 spiro atoms. The van der Waals surface area contributed by atoms with Crippen molar-refractivity contribution >= 4 is 23.2 Å². The van der Waals surface area contributed by atoms with Crippen molar-refractivity contribution in [1.82, 2.24) is 15.5 Å². The molecule has 1 fully saturated rings. The number of carbonyl (C=O) groups is 1. The maximum Gasteiger partial charge on any atom is 0.243 e. The standard InChI is InChI=1S/C14H22N4OS/c1-10-6-7-20-12(10)8-15-14(17-11-4-5-11)16-9-13(19)18(2)3/h6-7,11H,4-5,8-9H2,1-3H3,(H2,15,16,17). The van der Waals surface area contributed by atoms with Gasteiger partial charge in [0.05, 0.1) is 6.54 Å². The van der Waals surface area contributed by atoms with E-state index in [1.165, 1.54) is 23.3 Å². The number of amides is 1. The highest BCUT2D eigenvalue weighted by atomic mass is 32.1. The summed E-state index contributed by atoms with van der Waals surface area (Å²) < 4.78 is 0. The van der Waals surface area contributed by atoms with Gasteiger partial charge in [-0.2, -0.15) is 0 Å². The molecule has 0 radical (unpaired) electrons. The topological polar surface area (TPSA) is 56.7 Å². The van der Waals surface area contributed by atoms with E-state index in [2.05, 4.69) is 34.0 Å². The average Bonchev–Trinajstić information content (AvgIpc) is 3.13. The highest BCUT2D eigenvalue weighted by molar-refractivity contribution is 7.10. The number of aryl methyl sites for hydroxylation is 1. The molecule has 1 aromatic rings. The fourth-order valence-electron chi connectivity index (χ4n) is 1.61. The zero-order valence-electron chi connectivity index (χ0n) is 12.3. The SMILES string of the molecule is Cc1ccsc1CNC(=NCC(=O)N(C)C)NC1CC1. The monoisotopic (exact) mass is 294 g/mol. The molecule has 2 rings (SSSR count). The summed E-state index contributed by atoms with van der Waals surface area (Å²) in [6.07, 6.45) is 2.36. The summed E-state index contributed by atoms with van der Waals surface area (Å²) >= 11 is 1.73. The van der Waals surface area contributed by atoms with E-state index < -0.39 is 0 Å². The van der Waals surface area contributed by atoms with Gasteiger partial charge < -0.3 is 15.5 Å². The summed E-state index contributed by atoms with van der Waals surface area (Å²) in [6, 6.07) is 2.63. The average molecular weight is 294 g/mol. The van der Waals surface area contributed by atoms with Gasteiger partial charge in [0.15, 0.2) is 5.96 Å². The first kappa shape index (κ1) is 14.8. The number of nitrogens with one attached hydrogen (secondary N) is 2. The lowest BCUT2D eigenvalue weighted by atomic mass is 10.3. The normalized spacial score (nSPS) is 15.1. The van der Waals surface area contributed by atoms with Gasteiger partial charge >= 0.3 is 0 Å². The molecular weight excluding hydrogens is 272 g/mol. The van der Waals surface area contributed by atoms with Gasteiger partial charge in [-0.25, -0.2) is 4.99 Å². The number of hydrogen-bond donors (Lipinski definition) is 2. The largest absolute Gasteiger partial charge is 0.354 e. The van der Waals surface area contributed by atoms with Gasteiger partial charge in [0, 0.05) is 25.0 Å². The van der Waals surface area contributed by atoms with Crippen molar-refractivity contribution < 1.29 is 4.79 Å². The summed E-state index contributed by atoms with van der Waals surface area (Å²) in [5.41, 5.74) is 1.29. The Kier molecular flexibility index (Phi) is 5.00. The Morgan fingerprint density at radius 1 is 1.50 bits per heavy atom. The number of thiophene rings is 1. The molecule has 1 amide bonds. The minimum Gasteiger partial charge on any atom is -0.354 e. The van der Waals surface area contributed by atoms with Crippen molar-refractivity contribution in [2.24, 2.45) is 4.99 Å². The number of likely N-dealkylation sites (N-methyl/N-ethyl adjacent to an activating group) is 1. The second kappa shape index (κ2) is 6.74.